The maximum absolute atomic E-state index is 2.42. The molecule has 3 heteroatoms. The summed E-state index contributed by atoms with van der Waals surface area (Å²) in [6.07, 6.45) is 0. The van der Waals surface area contributed by atoms with Crippen molar-refractivity contribution < 1.29 is 0 Å². The van der Waals surface area contributed by atoms with Crippen LogP contribution in [0.3, 0.4) is 0 Å². The number of hydrogen-bond donors (Lipinski definition) is 0. The SMILES string of the molecule is c1ccc(N2c3ccccc3N(c3ccc4c(ccc5c6ccc7c8ccccc8c8ccccc8c7c6sc45)c3)c3ccccc32)cc1. The van der Waals surface area contributed by atoms with Gasteiger partial charge in [0, 0.05) is 36.9 Å². The molecule has 0 amide bonds. The molecule has 1 aliphatic rings. The Morgan fingerprint density at radius 3 is 1.41 bits per heavy atom. The average Bonchev–Trinajstić information content (AvgIpc) is 3.56. The van der Waals surface area contributed by atoms with E-state index in [2.05, 4.69) is 180 Å². The van der Waals surface area contributed by atoms with Gasteiger partial charge in [-0.3, -0.25) is 0 Å². The summed E-state index contributed by atoms with van der Waals surface area (Å²) in [5.41, 5.74) is 6.97. The Labute approximate surface area is 287 Å². The minimum Gasteiger partial charge on any atom is -0.306 e. The topological polar surface area (TPSA) is 6.48 Å². The second-order valence-corrected chi connectivity index (χ2v) is 13.9. The van der Waals surface area contributed by atoms with Gasteiger partial charge in [-0.1, -0.05) is 121 Å². The fourth-order valence-corrected chi connectivity index (χ4v) is 9.61. The Morgan fingerprint density at radius 1 is 0.306 bits per heavy atom. The third-order valence-corrected chi connectivity index (χ3v) is 11.6. The van der Waals surface area contributed by atoms with Gasteiger partial charge in [0.1, 0.15) is 0 Å². The molecular weight excluding hydrogens is 613 g/mol. The first-order valence-electron chi connectivity index (χ1n) is 16.8. The average molecular weight is 641 g/mol. The molecule has 0 radical (unpaired) electrons. The molecule has 2 nitrogen and oxygen atoms in total. The zero-order valence-corrected chi connectivity index (χ0v) is 27.3. The number of fused-ring (bicyclic) bond motifs is 14. The summed E-state index contributed by atoms with van der Waals surface area (Å²) >= 11 is 1.94. The highest BCUT2D eigenvalue weighted by atomic mass is 32.1. The first-order chi connectivity index (χ1) is 24.3. The fourth-order valence-electron chi connectivity index (χ4n) is 8.21. The van der Waals surface area contributed by atoms with Gasteiger partial charge in [0.05, 0.1) is 22.7 Å². The van der Waals surface area contributed by atoms with Gasteiger partial charge in [-0.05, 0) is 86.2 Å². The zero-order valence-electron chi connectivity index (χ0n) is 26.5. The lowest BCUT2D eigenvalue weighted by Gasteiger charge is -2.40. The summed E-state index contributed by atoms with van der Waals surface area (Å²) in [4.78, 5) is 4.80. The number of nitrogens with zero attached hydrogens (tertiary/aromatic N) is 2. The van der Waals surface area contributed by atoms with Crippen LogP contribution in [0, 0.1) is 0 Å². The van der Waals surface area contributed by atoms with E-state index in [4.69, 9.17) is 0 Å². The number of anilines is 6. The Hall–Kier alpha value is -6.16. The highest BCUT2D eigenvalue weighted by molar-refractivity contribution is 7.27. The third-order valence-electron chi connectivity index (χ3n) is 10.3. The van der Waals surface area contributed by atoms with E-state index in [9.17, 15) is 0 Å². The largest absolute Gasteiger partial charge is 0.306 e. The lowest BCUT2D eigenvalue weighted by atomic mass is 9.93. The van der Waals surface area contributed by atoms with Crippen LogP contribution in [0.2, 0.25) is 0 Å². The van der Waals surface area contributed by atoms with Gasteiger partial charge in [0.15, 0.2) is 0 Å². The molecule has 2 heterocycles. The second kappa shape index (κ2) is 10.2. The van der Waals surface area contributed by atoms with E-state index in [0.717, 1.165) is 22.7 Å². The molecule has 9 aromatic carbocycles. The van der Waals surface area contributed by atoms with Crippen molar-refractivity contribution in [2.75, 3.05) is 9.80 Å². The quantitative estimate of drug-likeness (QED) is 0.174. The van der Waals surface area contributed by atoms with Gasteiger partial charge < -0.3 is 9.80 Å². The van der Waals surface area contributed by atoms with E-state index in [-0.39, 0.29) is 0 Å². The van der Waals surface area contributed by atoms with Crippen molar-refractivity contribution in [1.82, 2.24) is 0 Å². The smallest absolute Gasteiger partial charge is 0.0703 e. The number of benzene rings is 9. The van der Waals surface area contributed by atoms with Gasteiger partial charge >= 0.3 is 0 Å². The fraction of sp³-hybridized carbons (Fsp3) is 0. The summed E-state index contributed by atoms with van der Waals surface area (Å²) in [7, 11) is 0. The standard InChI is InChI=1S/C46H28N2S/c1-2-12-30(13-3-1)47-40-18-8-10-20-42(40)48(43-21-11-9-19-41(43)47)31-23-25-32-29(28-31)22-24-38-39-27-26-37-35-16-5-4-14-33(35)34-15-6-7-17-36(34)44(37)46(39)49-45(32)38/h1-28H. The van der Waals surface area contributed by atoms with Gasteiger partial charge in [-0.25, -0.2) is 0 Å². The highest BCUT2D eigenvalue weighted by Gasteiger charge is 2.30. The van der Waals surface area contributed by atoms with Gasteiger partial charge in [0.25, 0.3) is 0 Å². The summed E-state index contributed by atoms with van der Waals surface area (Å²) in [6.45, 7) is 0. The van der Waals surface area contributed by atoms with Gasteiger partial charge in [-0.15, -0.1) is 11.3 Å². The predicted octanol–water partition coefficient (Wildman–Crippen LogP) is 13.9. The van der Waals surface area contributed by atoms with Crippen LogP contribution in [-0.4, -0.2) is 0 Å². The zero-order chi connectivity index (χ0) is 32.1. The number of thiophene rings is 1. The molecule has 0 N–H and O–H groups in total. The van der Waals surface area contributed by atoms with Crippen molar-refractivity contribution >= 4 is 109 Å². The van der Waals surface area contributed by atoms with Crippen LogP contribution in [0.1, 0.15) is 0 Å². The molecule has 0 aliphatic carbocycles. The Balaban J connectivity index is 1.14. The number of para-hydroxylation sites is 5. The molecule has 0 atom stereocenters. The van der Waals surface area contributed by atoms with E-state index in [1.54, 1.807) is 0 Å². The summed E-state index contributed by atoms with van der Waals surface area (Å²) in [5.74, 6) is 0. The Morgan fingerprint density at radius 2 is 0.755 bits per heavy atom. The summed E-state index contributed by atoms with van der Waals surface area (Å²) in [6, 6.07) is 62.2. The molecule has 0 saturated heterocycles. The Kier molecular flexibility index (Phi) is 5.57. The highest BCUT2D eigenvalue weighted by Crippen LogP contribution is 2.54. The van der Waals surface area contributed by atoms with Crippen LogP contribution >= 0.6 is 11.3 Å². The lowest BCUT2D eigenvalue weighted by molar-refractivity contribution is 1.17. The molecule has 228 valence electrons. The van der Waals surface area contributed by atoms with E-state index >= 15 is 0 Å². The van der Waals surface area contributed by atoms with Gasteiger partial charge in [0.2, 0.25) is 0 Å². The van der Waals surface area contributed by atoms with Crippen LogP contribution in [-0.2, 0) is 0 Å². The van der Waals surface area contributed by atoms with Gasteiger partial charge in [-0.2, -0.15) is 0 Å². The predicted molar refractivity (Wildman–Crippen MR) is 212 cm³/mol. The first kappa shape index (κ1) is 26.9. The van der Waals surface area contributed by atoms with Crippen molar-refractivity contribution in [1.29, 1.82) is 0 Å². The lowest BCUT2D eigenvalue weighted by Crippen LogP contribution is -2.23. The molecule has 1 aromatic heterocycles. The number of hydrogen-bond acceptors (Lipinski definition) is 3. The minimum absolute atomic E-state index is 1.15. The normalized spacial score (nSPS) is 12.8. The molecule has 0 bridgehead atoms. The molecule has 1 aliphatic heterocycles. The minimum atomic E-state index is 1.15. The first-order valence-corrected chi connectivity index (χ1v) is 17.6. The molecular formula is C46H28N2S. The molecule has 0 fully saturated rings. The molecule has 49 heavy (non-hydrogen) atoms. The van der Waals surface area contributed by atoms with Crippen LogP contribution in [0.15, 0.2) is 170 Å². The van der Waals surface area contributed by atoms with Crippen molar-refractivity contribution in [2.24, 2.45) is 0 Å². The van der Waals surface area contributed by atoms with Crippen LogP contribution in [0.5, 0.6) is 0 Å². The molecule has 0 unspecified atom stereocenters. The van der Waals surface area contributed by atoms with E-state index in [1.165, 1.54) is 74.6 Å². The number of rotatable bonds is 2. The Bertz CT molecular complexity index is 2880. The molecule has 0 saturated carbocycles. The maximum Gasteiger partial charge on any atom is 0.0703 e. The summed E-state index contributed by atoms with van der Waals surface area (Å²) in [5, 5.41) is 13.2. The molecule has 11 rings (SSSR count). The van der Waals surface area contributed by atoms with E-state index in [1.807, 2.05) is 11.3 Å². The molecule has 0 spiro atoms. The van der Waals surface area contributed by atoms with Crippen LogP contribution < -0.4 is 9.80 Å². The second-order valence-electron chi connectivity index (χ2n) is 12.9. The monoisotopic (exact) mass is 640 g/mol. The van der Waals surface area contributed by atoms with E-state index < -0.39 is 0 Å². The molecule has 10 aromatic rings. The van der Waals surface area contributed by atoms with E-state index in [0.29, 0.717) is 0 Å². The van der Waals surface area contributed by atoms with Crippen molar-refractivity contribution in [3.05, 3.63) is 170 Å². The summed E-state index contributed by atoms with van der Waals surface area (Å²) < 4.78 is 2.71. The third kappa shape index (κ3) is 3.76. The maximum atomic E-state index is 2.42. The van der Waals surface area contributed by atoms with Crippen LogP contribution in [0.4, 0.5) is 34.1 Å². The van der Waals surface area contributed by atoms with Crippen molar-refractivity contribution in [3.63, 3.8) is 0 Å². The van der Waals surface area contributed by atoms with Crippen molar-refractivity contribution in [3.8, 4) is 0 Å². The van der Waals surface area contributed by atoms with Crippen LogP contribution in [0.25, 0.3) is 63.3 Å². The van der Waals surface area contributed by atoms with Crippen molar-refractivity contribution in [2.45, 2.75) is 0 Å².